The van der Waals surface area contributed by atoms with Crippen LogP contribution in [-0.4, -0.2) is 49.5 Å². The van der Waals surface area contributed by atoms with Gasteiger partial charge >= 0.3 is 0 Å². The largest absolute Gasteiger partial charge is 0.396 e. The predicted molar refractivity (Wildman–Crippen MR) is 62.0 cm³/mol. The SMILES string of the molecule is COCCCCN(CCCO)C1CCC1. The lowest BCUT2D eigenvalue weighted by Gasteiger charge is -2.37. The minimum atomic E-state index is 0.321. The molecule has 1 saturated carbocycles. The number of unbranched alkanes of at least 4 members (excludes halogenated alkanes) is 1. The number of nitrogens with zero attached hydrogens (tertiary/aromatic N) is 1. The Kier molecular flexibility index (Phi) is 6.98. The Morgan fingerprint density at radius 1 is 1.20 bits per heavy atom. The van der Waals surface area contributed by atoms with Gasteiger partial charge in [-0.3, -0.25) is 0 Å². The van der Waals surface area contributed by atoms with Crippen LogP contribution in [0.5, 0.6) is 0 Å². The second-order valence-electron chi connectivity index (χ2n) is 4.40. The molecule has 0 bridgehead atoms. The van der Waals surface area contributed by atoms with E-state index < -0.39 is 0 Å². The van der Waals surface area contributed by atoms with Crippen molar-refractivity contribution in [1.82, 2.24) is 4.90 Å². The van der Waals surface area contributed by atoms with Gasteiger partial charge in [-0.25, -0.2) is 0 Å². The van der Waals surface area contributed by atoms with E-state index in [1.54, 1.807) is 7.11 Å². The molecule has 3 nitrogen and oxygen atoms in total. The first-order valence-corrected chi connectivity index (χ1v) is 6.22. The molecule has 0 radical (unpaired) electrons. The van der Waals surface area contributed by atoms with Crippen molar-refractivity contribution in [2.75, 3.05) is 33.4 Å². The van der Waals surface area contributed by atoms with Crippen LogP contribution in [0.1, 0.15) is 38.5 Å². The van der Waals surface area contributed by atoms with Crippen LogP contribution >= 0.6 is 0 Å². The highest BCUT2D eigenvalue weighted by Crippen LogP contribution is 2.25. The van der Waals surface area contributed by atoms with Crippen molar-refractivity contribution < 1.29 is 9.84 Å². The Morgan fingerprint density at radius 2 is 1.93 bits per heavy atom. The summed E-state index contributed by atoms with van der Waals surface area (Å²) in [5.74, 6) is 0. The number of hydrogen-bond donors (Lipinski definition) is 1. The molecule has 1 aliphatic carbocycles. The molecular formula is C12H25NO2. The zero-order chi connectivity index (χ0) is 10.9. The molecule has 1 rings (SSSR count). The molecule has 90 valence electrons. The van der Waals surface area contributed by atoms with E-state index in [4.69, 9.17) is 9.84 Å². The van der Waals surface area contributed by atoms with Crippen molar-refractivity contribution in [3.05, 3.63) is 0 Å². The fourth-order valence-corrected chi connectivity index (χ4v) is 2.06. The van der Waals surface area contributed by atoms with Gasteiger partial charge in [-0.15, -0.1) is 0 Å². The molecule has 1 N–H and O–H groups in total. The van der Waals surface area contributed by atoms with Crippen LogP contribution in [0.25, 0.3) is 0 Å². The van der Waals surface area contributed by atoms with Crippen molar-refractivity contribution in [2.45, 2.75) is 44.6 Å². The Balaban J connectivity index is 2.10. The molecular weight excluding hydrogens is 190 g/mol. The van der Waals surface area contributed by atoms with Crippen LogP contribution < -0.4 is 0 Å². The third kappa shape index (κ3) is 4.96. The number of methoxy groups -OCH3 is 1. The van der Waals surface area contributed by atoms with Gasteiger partial charge in [0.25, 0.3) is 0 Å². The summed E-state index contributed by atoms with van der Waals surface area (Å²) >= 11 is 0. The van der Waals surface area contributed by atoms with Crippen LogP contribution in [0.4, 0.5) is 0 Å². The van der Waals surface area contributed by atoms with Gasteiger partial charge in [0.15, 0.2) is 0 Å². The van der Waals surface area contributed by atoms with E-state index in [0.717, 1.165) is 32.0 Å². The number of aliphatic hydroxyl groups excluding tert-OH is 1. The van der Waals surface area contributed by atoms with Crippen molar-refractivity contribution in [1.29, 1.82) is 0 Å². The monoisotopic (exact) mass is 215 g/mol. The summed E-state index contributed by atoms with van der Waals surface area (Å²) in [5, 5.41) is 8.85. The molecule has 0 atom stereocenters. The summed E-state index contributed by atoms with van der Waals surface area (Å²) in [6.07, 6.45) is 7.39. The smallest absolute Gasteiger partial charge is 0.0462 e. The van der Waals surface area contributed by atoms with Gasteiger partial charge in [0, 0.05) is 32.9 Å². The van der Waals surface area contributed by atoms with Crippen LogP contribution in [0.2, 0.25) is 0 Å². The number of hydrogen-bond acceptors (Lipinski definition) is 3. The summed E-state index contributed by atoms with van der Waals surface area (Å²) < 4.78 is 5.05. The highest BCUT2D eigenvalue weighted by atomic mass is 16.5. The fraction of sp³-hybridized carbons (Fsp3) is 1.00. The molecule has 0 unspecified atom stereocenters. The van der Waals surface area contributed by atoms with Gasteiger partial charge in [-0.2, -0.15) is 0 Å². The maximum atomic E-state index is 8.85. The number of ether oxygens (including phenoxy) is 1. The Labute approximate surface area is 93.4 Å². The molecule has 0 spiro atoms. The summed E-state index contributed by atoms with van der Waals surface area (Å²) in [6, 6.07) is 0.805. The minimum Gasteiger partial charge on any atom is -0.396 e. The molecule has 0 heterocycles. The third-order valence-electron chi connectivity index (χ3n) is 3.24. The quantitative estimate of drug-likeness (QED) is 0.594. The van der Waals surface area contributed by atoms with Crippen LogP contribution in [-0.2, 0) is 4.74 Å². The first-order valence-electron chi connectivity index (χ1n) is 6.22. The lowest BCUT2D eigenvalue weighted by atomic mass is 9.91. The summed E-state index contributed by atoms with van der Waals surface area (Å²) in [7, 11) is 1.76. The minimum absolute atomic E-state index is 0.321. The standard InChI is InChI=1S/C12H25NO2/c1-15-11-3-2-8-13(9-5-10-14)12-6-4-7-12/h12,14H,2-11H2,1H3. The van der Waals surface area contributed by atoms with Crippen LogP contribution in [0.3, 0.4) is 0 Å². The number of aliphatic hydroxyl groups is 1. The average Bonchev–Trinajstić information content (AvgIpc) is 2.17. The Hall–Kier alpha value is -0.120. The van der Waals surface area contributed by atoms with E-state index in [0.29, 0.717) is 6.61 Å². The molecule has 0 amide bonds. The van der Waals surface area contributed by atoms with E-state index in [1.165, 1.54) is 32.2 Å². The first kappa shape index (κ1) is 12.9. The Bertz CT molecular complexity index is 149. The van der Waals surface area contributed by atoms with Crippen molar-refractivity contribution in [3.63, 3.8) is 0 Å². The van der Waals surface area contributed by atoms with Gasteiger partial charge in [-0.05, 0) is 38.6 Å². The van der Waals surface area contributed by atoms with Crippen molar-refractivity contribution >= 4 is 0 Å². The average molecular weight is 215 g/mol. The molecule has 3 heteroatoms. The lowest BCUT2D eigenvalue weighted by Crippen LogP contribution is -2.41. The fourth-order valence-electron chi connectivity index (χ4n) is 2.06. The second-order valence-corrected chi connectivity index (χ2v) is 4.40. The molecule has 0 saturated heterocycles. The van der Waals surface area contributed by atoms with Gasteiger partial charge in [-0.1, -0.05) is 6.42 Å². The molecule has 1 aliphatic rings. The van der Waals surface area contributed by atoms with Gasteiger partial charge in [0.2, 0.25) is 0 Å². The van der Waals surface area contributed by atoms with E-state index in [9.17, 15) is 0 Å². The van der Waals surface area contributed by atoms with Gasteiger partial charge in [0.05, 0.1) is 0 Å². The molecule has 1 fully saturated rings. The van der Waals surface area contributed by atoms with Crippen molar-refractivity contribution in [3.8, 4) is 0 Å². The predicted octanol–water partition coefficient (Wildman–Crippen LogP) is 1.65. The van der Waals surface area contributed by atoms with E-state index >= 15 is 0 Å². The van der Waals surface area contributed by atoms with E-state index in [-0.39, 0.29) is 0 Å². The highest BCUT2D eigenvalue weighted by Gasteiger charge is 2.23. The molecule has 0 aromatic carbocycles. The summed E-state index contributed by atoms with van der Waals surface area (Å²) in [4.78, 5) is 2.55. The lowest BCUT2D eigenvalue weighted by molar-refractivity contribution is 0.109. The van der Waals surface area contributed by atoms with E-state index in [1.807, 2.05) is 0 Å². The highest BCUT2D eigenvalue weighted by molar-refractivity contribution is 4.79. The molecule has 0 aliphatic heterocycles. The Morgan fingerprint density at radius 3 is 2.47 bits per heavy atom. The summed E-state index contributed by atoms with van der Waals surface area (Å²) in [6.45, 7) is 3.43. The number of rotatable bonds is 9. The first-order chi connectivity index (χ1) is 7.38. The van der Waals surface area contributed by atoms with Gasteiger partial charge < -0.3 is 14.7 Å². The maximum Gasteiger partial charge on any atom is 0.0462 e. The van der Waals surface area contributed by atoms with E-state index in [2.05, 4.69) is 4.90 Å². The second kappa shape index (κ2) is 8.08. The summed E-state index contributed by atoms with van der Waals surface area (Å²) in [5.41, 5.74) is 0. The third-order valence-corrected chi connectivity index (χ3v) is 3.24. The van der Waals surface area contributed by atoms with Crippen LogP contribution in [0.15, 0.2) is 0 Å². The molecule has 0 aromatic heterocycles. The maximum absolute atomic E-state index is 8.85. The van der Waals surface area contributed by atoms with Crippen molar-refractivity contribution in [2.24, 2.45) is 0 Å². The van der Waals surface area contributed by atoms with Gasteiger partial charge in [0.1, 0.15) is 0 Å². The van der Waals surface area contributed by atoms with Crippen LogP contribution in [0, 0.1) is 0 Å². The molecule has 15 heavy (non-hydrogen) atoms. The zero-order valence-electron chi connectivity index (χ0n) is 9.95. The normalized spacial score (nSPS) is 17.0. The zero-order valence-corrected chi connectivity index (χ0v) is 9.95. The topological polar surface area (TPSA) is 32.7 Å². The molecule has 0 aromatic rings.